The van der Waals surface area contributed by atoms with Crippen LogP contribution in [0.3, 0.4) is 0 Å². The third-order valence-electron chi connectivity index (χ3n) is 2.70. The highest BCUT2D eigenvalue weighted by atomic mass is 16.5. The number of amides is 1. The number of nitrogens with two attached hydrogens (primary N) is 1. The van der Waals surface area contributed by atoms with Crippen LogP contribution in [0.5, 0.6) is 5.75 Å². The Morgan fingerprint density at radius 1 is 1.25 bits per heavy atom. The summed E-state index contributed by atoms with van der Waals surface area (Å²) in [7, 11) is 0. The fourth-order valence-corrected chi connectivity index (χ4v) is 1.77. The average Bonchev–Trinajstić information content (AvgIpc) is 2.81. The van der Waals surface area contributed by atoms with Gasteiger partial charge in [-0.05, 0) is 37.1 Å². The summed E-state index contributed by atoms with van der Waals surface area (Å²) in [5.74, 6) is 0.746. The van der Waals surface area contributed by atoms with Crippen molar-refractivity contribution in [3.63, 3.8) is 0 Å². The van der Waals surface area contributed by atoms with Gasteiger partial charge in [0.05, 0.1) is 0 Å². The van der Waals surface area contributed by atoms with Gasteiger partial charge in [0.2, 0.25) is 0 Å². The van der Waals surface area contributed by atoms with E-state index in [1.807, 2.05) is 4.90 Å². The first-order valence-corrected chi connectivity index (χ1v) is 5.52. The summed E-state index contributed by atoms with van der Waals surface area (Å²) in [5.41, 5.74) is 6.24. The van der Waals surface area contributed by atoms with Crippen LogP contribution >= 0.6 is 0 Å². The first-order valence-electron chi connectivity index (χ1n) is 5.52. The Morgan fingerprint density at radius 3 is 2.50 bits per heavy atom. The molecule has 1 amide bonds. The second-order valence-corrected chi connectivity index (χ2v) is 3.95. The van der Waals surface area contributed by atoms with E-state index in [1.54, 1.807) is 24.3 Å². The molecule has 0 saturated carbocycles. The summed E-state index contributed by atoms with van der Waals surface area (Å²) < 4.78 is 5.39. The molecule has 1 aliphatic rings. The smallest absolute Gasteiger partial charge is 0.260 e. The van der Waals surface area contributed by atoms with Crippen LogP contribution in [0.2, 0.25) is 0 Å². The van der Waals surface area contributed by atoms with Crippen LogP contribution in [0, 0.1) is 0 Å². The highest BCUT2D eigenvalue weighted by Gasteiger charge is 2.17. The van der Waals surface area contributed by atoms with E-state index in [-0.39, 0.29) is 12.5 Å². The zero-order chi connectivity index (χ0) is 11.4. The molecule has 0 spiro atoms. The topological polar surface area (TPSA) is 55.6 Å². The second-order valence-electron chi connectivity index (χ2n) is 3.95. The van der Waals surface area contributed by atoms with Crippen molar-refractivity contribution in [3.8, 4) is 5.75 Å². The van der Waals surface area contributed by atoms with Gasteiger partial charge < -0.3 is 15.4 Å². The van der Waals surface area contributed by atoms with Gasteiger partial charge in [0.15, 0.2) is 6.61 Å². The summed E-state index contributed by atoms with van der Waals surface area (Å²) in [4.78, 5) is 13.5. The molecule has 1 fully saturated rings. The standard InChI is InChI=1S/C12H16N2O2/c13-10-3-5-11(6-4-10)16-9-12(15)14-7-1-2-8-14/h3-6H,1-2,7-9,13H2. The van der Waals surface area contributed by atoms with Gasteiger partial charge in [0.1, 0.15) is 5.75 Å². The molecule has 86 valence electrons. The highest BCUT2D eigenvalue weighted by Crippen LogP contribution is 2.14. The summed E-state index contributed by atoms with van der Waals surface area (Å²) in [6.07, 6.45) is 2.21. The van der Waals surface area contributed by atoms with E-state index in [0.717, 1.165) is 25.9 Å². The third-order valence-corrected chi connectivity index (χ3v) is 2.70. The maximum atomic E-state index is 11.7. The van der Waals surface area contributed by atoms with Gasteiger partial charge >= 0.3 is 0 Å². The molecule has 0 aliphatic carbocycles. The zero-order valence-electron chi connectivity index (χ0n) is 9.19. The van der Waals surface area contributed by atoms with E-state index in [1.165, 1.54) is 0 Å². The first kappa shape index (κ1) is 10.8. The Hall–Kier alpha value is -1.71. The average molecular weight is 220 g/mol. The van der Waals surface area contributed by atoms with Crippen LogP contribution in [0.15, 0.2) is 24.3 Å². The molecule has 4 nitrogen and oxygen atoms in total. The van der Waals surface area contributed by atoms with Crippen molar-refractivity contribution >= 4 is 11.6 Å². The SMILES string of the molecule is Nc1ccc(OCC(=O)N2CCCC2)cc1. The Kier molecular flexibility index (Phi) is 3.29. The molecule has 1 heterocycles. The number of hydrogen-bond donors (Lipinski definition) is 1. The Balaban J connectivity index is 1.82. The molecule has 1 saturated heterocycles. The van der Waals surface area contributed by atoms with E-state index in [2.05, 4.69) is 0 Å². The Bertz CT molecular complexity index is 356. The van der Waals surface area contributed by atoms with Crippen molar-refractivity contribution < 1.29 is 9.53 Å². The molecule has 0 unspecified atom stereocenters. The number of nitrogen functional groups attached to an aromatic ring is 1. The number of nitrogens with zero attached hydrogens (tertiary/aromatic N) is 1. The van der Waals surface area contributed by atoms with Crippen molar-refractivity contribution in [2.24, 2.45) is 0 Å². The van der Waals surface area contributed by atoms with Crippen molar-refractivity contribution in [1.82, 2.24) is 4.90 Å². The van der Waals surface area contributed by atoms with Gasteiger partial charge in [-0.2, -0.15) is 0 Å². The monoisotopic (exact) mass is 220 g/mol. The minimum Gasteiger partial charge on any atom is -0.484 e. The zero-order valence-corrected chi connectivity index (χ0v) is 9.19. The number of likely N-dealkylation sites (tertiary alicyclic amines) is 1. The number of carbonyl (C=O) groups is 1. The lowest BCUT2D eigenvalue weighted by Crippen LogP contribution is -2.32. The van der Waals surface area contributed by atoms with Gasteiger partial charge in [0.25, 0.3) is 5.91 Å². The molecule has 2 rings (SSSR count). The quantitative estimate of drug-likeness (QED) is 0.780. The van der Waals surface area contributed by atoms with E-state index in [9.17, 15) is 4.79 Å². The summed E-state index contributed by atoms with van der Waals surface area (Å²) in [6.45, 7) is 1.85. The summed E-state index contributed by atoms with van der Waals surface area (Å²) >= 11 is 0. The lowest BCUT2D eigenvalue weighted by Gasteiger charge is -2.15. The fourth-order valence-electron chi connectivity index (χ4n) is 1.77. The largest absolute Gasteiger partial charge is 0.484 e. The second kappa shape index (κ2) is 4.88. The van der Waals surface area contributed by atoms with Crippen molar-refractivity contribution in [2.75, 3.05) is 25.4 Å². The van der Waals surface area contributed by atoms with Crippen LogP contribution in [0.25, 0.3) is 0 Å². The Labute approximate surface area is 95.0 Å². The normalized spacial score (nSPS) is 15.1. The van der Waals surface area contributed by atoms with Crippen LogP contribution < -0.4 is 10.5 Å². The molecule has 0 aromatic heterocycles. The van der Waals surface area contributed by atoms with Gasteiger partial charge in [-0.3, -0.25) is 4.79 Å². The van der Waals surface area contributed by atoms with Crippen molar-refractivity contribution in [1.29, 1.82) is 0 Å². The molecule has 0 radical (unpaired) electrons. The van der Waals surface area contributed by atoms with E-state index >= 15 is 0 Å². The number of rotatable bonds is 3. The molecule has 1 aromatic rings. The lowest BCUT2D eigenvalue weighted by atomic mass is 10.3. The van der Waals surface area contributed by atoms with E-state index < -0.39 is 0 Å². The number of benzene rings is 1. The van der Waals surface area contributed by atoms with Crippen LogP contribution in [0.1, 0.15) is 12.8 Å². The molecule has 1 aromatic carbocycles. The highest BCUT2D eigenvalue weighted by molar-refractivity contribution is 5.78. The molecule has 4 heteroatoms. The number of hydrogen-bond acceptors (Lipinski definition) is 3. The summed E-state index contributed by atoms with van der Waals surface area (Å²) in [5, 5.41) is 0. The summed E-state index contributed by atoms with van der Waals surface area (Å²) in [6, 6.07) is 7.06. The number of anilines is 1. The van der Waals surface area contributed by atoms with Gasteiger partial charge in [-0.15, -0.1) is 0 Å². The van der Waals surface area contributed by atoms with Gasteiger partial charge in [0, 0.05) is 18.8 Å². The predicted octanol–water partition coefficient (Wildman–Crippen LogP) is 1.27. The van der Waals surface area contributed by atoms with Crippen LogP contribution in [-0.4, -0.2) is 30.5 Å². The van der Waals surface area contributed by atoms with Gasteiger partial charge in [-0.25, -0.2) is 0 Å². The van der Waals surface area contributed by atoms with Crippen LogP contribution in [0.4, 0.5) is 5.69 Å². The van der Waals surface area contributed by atoms with Crippen molar-refractivity contribution in [2.45, 2.75) is 12.8 Å². The Morgan fingerprint density at radius 2 is 1.88 bits per heavy atom. The molecule has 1 aliphatic heterocycles. The minimum absolute atomic E-state index is 0.0642. The van der Waals surface area contributed by atoms with E-state index in [0.29, 0.717) is 11.4 Å². The van der Waals surface area contributed by atoms with Gasteiger partial charge in [-0.1, -0.05) is 0 Å². The number of ether oxygens (including phenoxy) is 1. The first-order chi connectivity index (χ1) is 7.75. The molecule has 16 heavy (non-hydrogen) atoms. The lowest BCUT2D eigenvalue weighted by molar-refractivity contribution is -0.132. The fraction of sp³-hybridized carbons (Fsp3) is 0.417. The molecule has 0 atom stereocenters. The van der Waals surface area contributed by atoms with Crippen molar-refractivity contribution in [3.05, 3.63) is 24.3 Å². The van der Waals surface area contributed by atoms with Crippen LogP contribution in [-0.2, 0) is 4.79 Å². The molecule has 2 N–H and O–H groups in total. The molecular weight excluding hydrogens is 204 g/mol. The maximum Gasteiger partial charge on any atom is 0.260 e. The maximum absolute atomic E-state index is 11.7. The van der Waals surface area contributed by atoms with E-state index in [4.69, 9.17) is 10.5 Å². The predicted molar refractivity (Wildman–Crippen MR) is 62.2 cm³/mol. The number of carbonyl (C=O) groups excluding carboxylic acids is 1. The third kappa shape index (κ3) is 2.66. The minimum atomic E-state index is 0.0642. The molecule has 0 bridgehead atoms. The molecular formula is C12H16N2O2.